The molecule has 0 saturated carbocycles. The van der Waals surface area contributed by atoms with Gasteiger partial charge in [0.15, 0.2) is 0 Å². The van der Waals surface area contributed by atoms with Crippen molar-refractivity contribution in [2.45, 2.75) is 26.3 Å². The average Bonchev–Trinajstić information content (AvgIpc) is 2.59. The van der Waals surface area contributed by atoms with Crippen LogP contribution >= 0.6 is 0 Å². The lowest BCUT2D eigenvalue weighted by molar-refractivity contribution is 0.0940. The zero-order valence-corrected chi connectivity index (χ0v) is 10.1. The molecule has 17 heavy (non-hydrogen) atoms. The Labute approximate surface area is 99.3 Å². The van der Waals surface area contributed by atoms with Crippen LogP contribution in [0.15, 0.2) is 11.4 Å². The molecular weight excluding hydrogens is 222 g/mol. The summed E-state index contributed by atoms with van der Waals surface area (Å²) in [5.41, 5.74) is 6.67. The van der Waals surface area contributed by atoms with E-state index in [1.807, 2.05) is 6.92 Å². The van der Waals surface area contributed by atoms with Gasteiger partial charge in [-0.3, -0.25) is 9.48 Å². The van der Waals surface area contributed by atoms with E-state index in [0.717, 1.165) is 5.69 Å². The first-order valence-electron chi connectivity index (χ1n) is 5.21. The van der Waals surface area contributed by atoms with E-state index in [1.165, 1.54) is 6.20 Å². The Morgan fingerprint density at radius 3 is 2.88 bits per heavy atom. The topological polar surface area (TPSA) is 106 Å². The monoisotopic (exact) mass is 239 g/mol. The second kappa shape index (κ2) is 5.33. The molecule has 0 bridgehead atoms. The Kier molecular flexibility index (Phi) is 4.08. The number of nitrogens with zero attached hydrogens (tertiary/aromatic N) is 3. The molecular formula is C10H17N5O2. The summed E-state index contributed by atoms with van der Waals surface area (Å²) in [6.45, 7) is 3.60. The molecule has 7 heteroatoms. The van der Waals surface area contributed by atoms with Crippen molar-refractivity contribution in [1.29, 1.82) is 0 Å². The van der Waals surface area contributed by atoms with Crippen LogP contribution in [0.4, 0.5) is 0 Å². The third-order valence-electron chi connectivity index (χ3n) is 2.50. The van der Waals surface area contributed by atoms with Crippen LogP contribution in [-0.2, 0) is 7.05 Å². The van der Waals surface area contributed by atoms with Gasteiger partial charge in [-0.2, -0.15) is 5.10 Å². The van der Waals surface area contributed by atoms with E-state index in [1.54, 1.807) is 18.7 Å². The molecule has 0 aromatic carbocycles. The summed E-state index contributed by atoms with van der Waals surface area (Å²) in [7, 11) is 1.77. The molecule has 0 fully saturated rings. The Balaban J connectivity index is 2.64. The van der Waals surface area contributed by atoms with Gasteiger partial charge < -0.3 is 16.3 Å². The number of hydrogen-bond acceptors (Lipinski definition) is 4. The van der Waals surface area contributed by atoms with Crippen molar-refractivity contribution >= 4 is 11.7 Å². The fourth-order valence-electron chi connectivity index (χ4n) is 1.43. The van der Waals surface area contributed by atoms with Crippen LogP contribution in [0.3, 0.4) is 0 Å². The molecule has 1 atom stereocenters. The van der Waals surface area contributed by atoms with Gasteiger partial charge in [0.05, 0.1) is 11.8 Å². The highest BCUT2D eigenvalue weighted by atomic mass is 16.4. The number of amides is 1. The van der Waals surface area contributed by atoms with Gasteiger partial charge >= 0.3 is 0 Å². The zero-order chi connectivity index (χ0) is 13.0. The van der Waals surface area contributed by atoms with Crippen LogP contribution in [0.2, 0.25) is 0 Å². The van der Waals surface area contributed by atoms with Crippen molar-refractivity contribution in [2.75, 3.05) is 0 Å². The predicted octanol–water partition coefficient (Wildman–Crippen LogP) is -0.0167. The van der Waals surface area contributed by atoms with Gasteiger partial charge in [0, 0.05) is 25.2 Å². The van der Waals surface area contributed by atoms with Crippen LogP contribution in [0.25, 0.3) is 0 Å². The highest BCUT2D eigenvalue weighted by Crippen LogP contribution is 2.06. The SMILES string of the molecule is Cc1c(C(=O)NC(C)CC(N)=NO)cnn1C. The smallest absolute Gasteiger partial charge is 0.254 e. The third kappa shape index (κ3) is 3.20. The van der Waals surface area contributed by atoms with Gasteiger partial charge in [-0.1, -0.05) is 5.16 Å². The van der Waals surface area contributed by atoms with E-state index in [0.29, 0.717) is 12.0 Å². The van der Waals surface area contributed by atoms with Crippen molar-refractivity contribution in [1.82, 2.24) is 15.1 Å². The molecule has 1 aromatic heterocycles. The average molecular weight is 239 g/mol. The Morgan fingerprint density at radius 2 is 2.41 bits per heavy atom. The maximum atomic E-state index is 11.9. The molecule has 0 radical (unpaired) electrons. The second-order valence-electron chi connectivity index (χ2n) is 3.94. The maximum absolute atomic E-state index is 11.9. The van der Waals surface area contributed by atoms with Crippen molar-refractivity contribution in [2.24, 2.45) is 17.9 Å². The molecule has 4 N–H and O–H groups in total. The number of aromatic nitrogens is 2. The lowest BCUT2D eigenvalue weighted by Gasteiger charge is -2.12. The quantitative estimate of drug-likeness (QED) is 0.297. The van der Waals surface area contributed by atoms with Crippen LogP contribution in [-0.4, -0.2) is 32.8 Å². The maximum Gasteiger partial charge on any atom is 0.254 e. The van der Waals surface area contributed by atoms with E-state index in [4.69, 9.17) is 10.9 Å². The second-order valence-corrected chi connectivity index (χ2v) is 3.94. The molecule has 1 aromatic rings. The lowest BCUT2D eigenvalue weighted by Crippen LogP contribution is -2.36. The predicted molar refractivity (Wildman–Crippen MR) is 62.9 cm³/mol. The van der Waals surface area contributed by atoms with Gasteiger partial charge in [-0.05, 0) is 13.8 Å². The normalized spacial score (nSPS) is 13.5. The summed E-state index contributed by atoms with van der Waals surface area (Å²) in [6, 6.07) is -0.210. The minimum Gasteiger partial charge on any atom is -0.409 e. The third-order valence-corrected chi connectivity index (χ3v) is 2.50. The van der Waals surface area contributed by atoms with Gasteiger partial charge in [0.2, 0.25) is 0 Å². The van der Waals surface area contributed by atoms with Crippen molar-refractivity contribution in [3.63, 3.8) is 0 Å². The Hall–Kier alpha value is -2.05. The van der Waals surface area contributed by atoms with E-state index in [2.05, 4.69) is 15.6 Å². The summed E-state index contributed by atoms with van der Waals surface area (Å²) in [4.78, 5) is 11.9. The summed E-state index contributed by atoms with van der Waals surface area (Å²) < 4.78 is 1.63. The summed E-state index contributed by atoms with van der Waals surface area (Å²) in [6.07, 6.45) is 1.81. The summed E-state index contributed by atoms with van der Waals surface area (Å²) >= 11 is 0. The minimum atomic E-state index is -0.214. The molecule has 94 valence electrons. The number of carbonyl (C=O) groups excluding carboxylic acids is 1. The molecule has 0 spiro atoms. The van der Waals surface area contributed by atoms with E-state index >= 15 is 0 Å². The number of hydrogen-bond donors (Lipinski definition) is 3. The van der Waals surface area contributed by atoms with E-state index in [9.17, 15) is 4.79 Å². The Morgan fingerprint density at radius 1 is 1.76 bits per heavy atom. The van der Waals surface area contributed by atoms with Crippen molar-refractivity contribution < 1.29 is 10.0 Å². The highest BCUT2D eigenvalue weighted by Gasteiger charge is 2.15. The fourth-order valence-corrected chi connectivity index (χ4v) is 1.43. The number of amidine groups is 1. The molecule has 1 unspecified atom stereocenters. The molecule has 0 aliphatic heterocycles. The molecule has 0 aliphatic rings. The summed E-state index contributed by atoms with van der Waals surface area (Å²) in [5, 5.41) is 18.0. The number of nitrogens with one attached hydrogen (secondary N) is 1. The Bertz CT molecular complexity index is 438. The van der Waals surface area contributed by atoms with Crippen LogP contribution < -0.4 is 11.1 Å². The first-order chi connectivity index (χ1) is 7.95. The number of nitrogens with two attached hydrogens (primary N) is 1. The largest absolute Gasteiger partial charge is 0.409 e. The number of carbonyl (C=O) groups is 1. The number of rotatable bonds is 4. The lowest BCUT2D eigenvalue weighted by atomic mass is 10.2. The first kappa shape index (κ1) is 13.0. The molecule has 0 aliphatic carbocycles. The standard InChI is InChI=1S/C10H17N5O2/c1-6(4-9(11)14-17)13-10(16)8-5-12-15(3)7(8)2/h5-6,17H,4H2,1-3H3,(H2,11,14)(H,13,16). The zero-order valence-electron chi connectivity index (χ0n) is 10.1. The summed E-state index contributed by atoms with van der Waals surface area (Å²) in [5.74, 6) is -0.130. The van der Waals surface area contributed by atoms with E-state index < -0.39 is 0 Å². The van der Waals surface area contributed by atoms with Crippen LogP contribution in [0.1, 0.15) is 29.4 Å². The van der Waals surface area contributed by atoms with Gasteiger partial charge in [0.1, 0.15) is 5.84 Å². The number of aryl methyl sites for hydroxylation is 1. The number of oxime groups is 1. The van der Waals surface area contributed by atoms with Crippen LogP contribution in [0, 0.1) is 6.92 Å². The molecule has 1 amide bonds. The van der Waals surface area contributed by atoms with Gasteiger partial charge in [0.25, 0.3) is 5.91 Å². The van der Waals surface area contributed by atoms with Gasteiger partial charge in [-0.15, -0.1) is 0 Å². The van der Waals surface area contributed by atoms with Crippen molar-refractivity contribution in [3.05, 3.63) is 17.5 Å². The first-order valence-corrected chi connectivity index (χ1v) is 5.21. The van der Waals surface area contributed by atoms with Crippen molar-refractivity contribution in [3.8, 4) is 0 Å². The van der Waals surface area contributed by atoms with Gasteiger partial charge in [-0.25, -0.2) is 0 Å². The van der Waals surface area contributed by atoms with Crippen LogP contribution in [0.5, 0.6) is 0 Å². The molecule has 1 rings (SSSR count). The highest BCUT2D eigenvalue weighted by molar-refractivity contribution is 5.95. The van der Waals surface area contributed by atoms with E-state index in [-0.39, 0.29) is 17.8 Å². The molecule has 1 heterocycles. The fraction of sp³-hybridized carbons (Fsp3) is 0.500. The molecule has 0 saturated heterocycles. The molecule has 7 nitrogen and oxygen atoms in total. The minimum absolute atomic E-state index is 0.0840.